The Labute approximate surface area is 143 Å². The van der Waals surface area contributed by atoms with Gasteiger partial charge in [0.15, 0.2) is 0 Å². The summed E-state index contributed by atoms with van der Waals surface area (Å²) in [7, 11) is -3.92. The van der Waals surface area contributed by atoms with Crippen molar-refractivity contribution in [3.8, 4) is 0 Å². The summed E-state index contributed by atoms with van der Waals surface area (Å²) in [6, 6.07) is 10.9. The Balaban J connectivity index is 1.83. The van der Waals surface area contributed by atoms with Gasteiger partial charge in [-0.1, -0.05) is 6.07 Å². The van der Waals surface area contributed by atoms with Crippen molar-refractivity contribution in [2.75, 3.05) is 22.8 Å². The molecule has 1 heterocycles. The number of non-ortho nitro benzene ring substituents is 1. The number of hydrogen-bond acceptors (Lipinski definition) is 6. The van der Waals surface area contributed by atoms with Crippen LogP contribution >= 0.6 is 0 Å². The number of rotatable bonds is 5. The summed E-state index contributed by atoms with van der Waals surface area (Å²) in [4.78, 5) is 22.9. The Bertz CT molecular complexity index is 927. The molecule has 0 unspecified atom stereocenters. The van der Waals surface area contributed by atoms with Crippen LogP contribution in [-0.2, 0) is 14.8 Å². The zero-order chi connectivity index (χ0) is 18.0. The van der Waals surface area contributed by atoms with Crippen molar-refractivity contribution >= 4 is 33.2 Å². The van der Waals surface area contributed by atoms with Crippen LogP contribution in [0.5, 0.6) is 0 Å². The Morgan fingerprint density at radius 1 is 1.16 bits per heavy atom. The maximum atomic E-state index is 12.4. The number of carbonyl (C=O) groups is 1. The molecule has 25 heavy (non-hydrogen) atoms. The third-order valence-electron chi connectivity index (χ3n) is 3.53. The highest BCUT2D eigenvalue weighted by atomic mass is 32.2. The van der Waals surface area contributed by atoms with Gasteiger partial charge in [0, 0.05) is 17.8 Å². The minimum absolute atomic E-state index is 0.107. The quantitative estimate of drug-likeness (QED) is 0.643. The molecule has 1 fully saturated rings. The van der Waals surface area contributed by atoms with Crippen LogP contribution in [0, 0.1) is 10.1 Å². The number of nitro benzene ring substituents is 1. The van der Waals surface area contributed by atoms with Gasteiger partial charge in [-0.3, -0.25) is 19.7 Å². The van der Waals surface area contributed by atoms with E-state index in [9.17, 15) is 23.3 Å². The lowest BCUT2D eigenvalue weighted by atomic mass is 10.2. The molecule has 0 spiro atoms. The number of benzene rings is 2. The lowest BCUT2D eigenvalue weighted by Crippen LogP contribution is -2.23. The monoisotopic (exact) mass is 363 g/mol. The van der Waals surface area contributed by atoms with Crippen LogP contribution in [0.15, 0.2) is 53.4 Å². The normalized spacial score (nSPS) is 14.2. The van der Waals surface area contributed by atoms with E-state index in [1.807, 2.05) is 0 Å². The first-order valence-corrected chi connectivity index (χ1v) is 8.67. The Hall–Kier alpha value is -3.14. The van der Waals surface area contributed by atoms with Crippen LogP contribution in [0.2, 0.25) is 0 Å². The summed E-state index contributed by atoms with van der Waals surface area (Å²) in [6.45, 7) is 0.662. The van der Waals surface area contributed by atoms with Gasteiger partial charge >= 0.3 is 6.09 Å². The molecular formula is C15H13N3O6S. The molecular weight excluding hydrogens is 350 g/mol. The SMILES string of the molecule is O=C1OCCN1c1cccc(NS(=O)(=O)c2ccc([N+](=O)[O-])cc2)c1. The largest absolute Gasteiger partial charge is 0.447 e. The van der Waals surface area contributed by atoms with Crippen molar-refractivity contribution in [2.24, 2.45) is 0 Å². The number of cyclic esters (lactones) is 1. The second-order valence-corrected chi connectivity index (χ2v) is 6.86. The van der Waals surface area contributed by atoms with Gasteiger partial charge in [0.25, 0.3) is 15.7 Å². The molecule has 3 rings (SSSR count). The van der Waals surface area contributed by atoms with E-state index >= 15 is 0 Å². The predicted octanol–water partition coefficient (Wildman–Crippen LogP) is 2.35. The van der Waals surface area contributed by atoms with Crippen molar-refractivity contribution in [3.63, 3.8) is 0 Å². The van der Waals surface area contributed by atoms with E-state index in [-0.39, 0.29) is 22.9 Å². The molecule has 0 bridgehead atoms. The minimum Gasteiger partial charge on any atom is -0.447 e. The van der Waals surface area contributed by atoms with Gasteiger partial charge in [0.1, 0.15) is 6.61 Å². The third-order valence-corrected chi connectivity index (χ3v) is 4.93. The van der Waals surface area contributed by atoms with Gasteiger partial charge in [0.2, 0.25) is 0 Å². The average Bonchev–Trinajstić information content (AvgIpc) is 3.01. The summed E-state index contributed by atoms with van der Waals surface area (Å²) < 4.78 is 32.0. The molecule has 2 aromatic rings. The number of nitro groups is 1. The maximum Gasteiger partial charge on any atom is 0.414 e. The fraction of sp³-hybridized carbons (Fsp3) is 0.133. The van der Waals surface area contributed by atoms with Crippen LogP contribution in [0.3, 0.4) is 0 Å². The van der Waals surface area contributed by atoms with E-state index in [1.54, 1.807) is 12.1 Å². The number of anilines is 2. The number of sulfonamides is 1. The maximum absolute atomic E-state index is 12.4. The molecule has 1 N–H and O–H groups in total. The lowest BCUT2D eigenvalue weighted by Gasteiger charge is -2.14. The molecule has 1 amide bonds. The van der Waals surface area contributed by atoms with E-state index < -0.39 is 21.0 Å². The Morgan fingerprint density at radius 3 is 2.48 bits per heavy atom. The van der Waals surface area contributed by atoms with Crippen LogP contribution < -0.4 is 9.62 Å². The number of ether oxygens (including phenoxy) is 1. The molecule has 0 saturated carbocycles. The van der Waals surface area contributed by atoms with Gasteiger partial charge in [-0.2, -0.15) is 0 Å². The number of hydrogen-bond donors (Lipinski definition) is 1. The van der Waals surface area contributed by atoms with Crippen molar-refractivity contribution in [3.05, 3.63) is 58.6 Å². The lowest BCUT2D eigenvalue weighted by molar-refractivity contribution is -0.384. The van der Waals surface area contributed by atoms with E-state index in [2.05, 4.69) is 4.72 Å². The molecule has 1 aliphatic heterocycles. The van der Waals surface area contributed by atoms with Gasteiger partial charge in [0.05, 0.1) is 22.1 Å². The Morgan fingerprint density at radius 2 is 1.88 bits per heavy atom. The number of nitrogens with zero attached hydrogens (tertiary/aromatic N) is 2. The van der Waals surface area contributed by atoms with Crippen LogP contribution in [0.25, 0.3) is 0 Å². The van der Waals surface area contributed by atoms with Crippen molar-refractivity contribution in [1.82, 2.24) is 0 Å². The average molecular weight is 363 g/mol. The topological polar surface area (TPSA) is 119 Å². The summed E-state index contributed by atoms with van der Waals surface area (Å²) in [5.74, 6) is 0. The van der Waals surface area contributed by atoms with E-state index in [0.29, 0.717) is 12.2 Å². The zero-order valence-corrected chi connectivity index (χ0v) is 13.6. The van der Waals surface area contributed by atoms with E-state index in [4.69, 9.17) is 4.74 Å². The zero-order valence-electron chi connectivity index (χ0n) is 12.8. The van der Waals surface area contributed by atoms with E-state index in [0.717, 1.165) is 24.3 Å². The third kappa shape index (κ3) is 3.53. The fourth-order valence-corrected chi connectivity index (χ4v) is 3.38. The van der Waals surface area contributed by atoms with Gasteiger partial charge in [-0.15, -0.1) is 0 Å². The van der Waals surface area contributed by atoms with Crippen LogP contribution in [0.1, 0.15) is 0 Å². The first-order valence-electron chi connectivity index (χ1n) is 7.18. The van der Waals surface area contributed by atoms with E-state index in [1.165, 1.54) is 17.0 Å². The molecule has 0 aromatic heterocycles. The summed E-state index contributed by atoms with van der Waals surface area (Å²) >= 11 is 0. The molecule has 9 nitrogen and oxygen atoms in total. The van der Waals surface area contributed by atoms with Crippen molar-refractivity contribution in [2.45, 2.75) is 4.90 Å². The highest BCUT2D eigenvalue weighted by Crippen LogP contribution is 2.25. The minimum atomic E-state index is -3.92. The first kappa shape index (κ1) is 16.7. The Kier molecular flexibility index (Phi) is 4.28. The van der Waals surface area contributed by atoms with Gasteiger partial charge in [-0.05, 0) is 30.3 Å². The van der Waals surface area contributed by atoms with Gasteiger partial charge in [-0.25, -0.2) is 13.2 Å². The predicted molar refractivity (Wildman–Crippen MR) is 89.0 cm³/mol. The summed E-state index contributed by atoms with van der Waals surface area (Å²) in [5.41, 5.74) is 0.565. The van der Waals surface area contributed by atoms with Crippen molar-refractivity contribution in [1.29, 1.82) is 0 Å². The molecule has 1 aliphatic rings. The molecule has 130 valence electrons. The number of amides is 1. The highest BCUT2D eigenvalue weighted by Gasteiger charge is 2.24. The first-order chi connectivity index (χ1) is 11.9. The standard InChI is InChI=1S/C15H13N3O6S/c19-15-17(8-9-24-15)13-3-1-2-11(10-13)16-25(22,23)14-6-4-12(5-7-14)18(20)21/h1-7,10,16H,8-9H2. The molecule has 0 atom stereocenters. The summed E-state index contributed by atoms with van der Waals surface area (Å²) in [6.07, 6.45) is -0.490. The number of carbonyl (C=O) groups excluding carboxylic acids is 1. The van der Waals surface area contributed by atoms with Crippen LogP contribution in [0.4, 0.5) is 21.9 Å². The fourth-order valence-electron chi connectivity index (χ4n) is 2.33. The number of nitrogens with one attached hydrogen (secondary N) is 1. The van der Waals surface area contributed by atoms with Crippen molar-refractivity contribution < 1.29 is 22.9 Å². The highest BCUT2D eigenvalue weighted by molar-refractivity contribution is 7.92. The molecule has 2 aromatic carbocycles. The summed E-state index contributed by atoms with van der Waals surface area (Å²) in [5, 5.41) is 10.6. The smallest absolute Gasteiger partial charge is 0.414 e. The molecule has 0 aliphatic carbocycles. The molecule has 0 radical (unpaired) electrons. The van der Waals surface area contributed by atoms with Crippen LogP contribution in [-0.4, -0.2) is 32.6 Å². The van der Waals surface area contributed by atoms with Gasteiger partial charge < -0.3 is 4.74 Å². The second-order valence-electron chi connectivity index (χ2n) is 5.17. The molecule has 1 saturated heterocycles. The molecule has 10 heteroatoms. The second kappa shape index (κ2) is 6.40.